The Hall–Kier alpha value is -2.27. The Morgan fingerprint density at radius 3 is 2.81 bits per heavy atom. The van der Waals surface area contributed by atoms with Gasteiger partial charge in [-0.25, -0.2) is 0 Å². The van der Waals surface area contributed by atoms with E-state index in [1.54, 1.807) is 13.2 Å². The zero-order valence-corrected chi connectivity index (χ0v) is 12.5. The molecule has 1 aromatic carbocycles. The normalized spacial score (nSPS) is 12.0. The van der Waals surface area contributed by atoms with E-state index in [-0.39, 0.29) is 18.5 Å². The summed E-state index contributed by atoms with van der Waals surface area (Å²) in [5.74, 6) is 2.28. The van der Waals surface area contributed by atoms with Crippen LogP contribution >= 0.6 is 0 Å². The van der Waals surface area contributed by atoms with Gasteiger partial charge in [-0.15, -0.1) is 0 Å². The van der Waals surface area contributed by atoms with Gasteiger partial charge < -0.3 is 14.5 Å². The Balaban J connectivity index is 1.84. The number of furan rings is 1. The summed E-state index contributed by atoms with van der Waals surface area (Å²) in [4.78, 5) is 11.9. The Labute approximate surface area is 124 Å². The minimum atomic E-state index is -0.113. The van der Waals surface area contributed by atoms with E-state index in [2.05, 4.69) is 10.6 Å². The number of anilines is 1. The topological polar surface area (TPSA) is 63.5 Å². The van der Waals surface area contributed by atoms with Crippen molar-refractivity contribution in [3.8, 4) is 5.75 Å². The molecule has 0 radical (unpaired) electrons. The van der Waals surface area contributed by atoms with Crippen molar-refractivity contribution in [1.82, 2.24) is 5.32 Å². The molecule has 5 nitrogen and oxygen atoms in total. The van der Waals surface area contributed by atoms with Gasteiger partial charge in [0.1, 0.15) is 17.3 Å². The maximum atomic E-state index is 11.9. The van der Waals surface area contributed by atoms with Gasteiger partial charge in [-0.2, -0.15) is 0 Å². The van der Waals surface area contributed by atoms with Crippen molar-refractivity contribution in [2.75, 3.05) is 19.0 Å². The second-order valence-electron chi connectivity index (χ2n) is 4.83. The summed E-state index contributed by atoms with van der Waals surface area (Å²) in [6, 6.07) is 11.0. The summed E-state index contributed by atoms with van der Waals surface area (Å²) < 4.78 is 10.6. The Bertz CT molecular complexity index is 607. The molecule has 1 heterocycles. The second-order valence-corrected chi connectivity index (χ2v) is 4.83. The largest absolute Gasteiger partial charge is 0.497 e. The van der Waals surface area contributed by atoms with Gasteiger partial charge in [-0.3, -0.25) is 10.1 Å². The minimum absolute atomic E-state index is 0.0187. The molecule has 0 aliphatic rings. The monoisotopic (exact) mass is 288 g/mol. The van der Waals surface area contributed by atoms with Gasteiger partial charge in [-0.1, -0.05) is 6.07 Å². The molecule has 1 unspecified atom stereocenters. The van der Waals surface area contributed by atoms with Crippen molar-refractivity contribution >= 4 is 11.6 Å². The molecular weight excluding hydrogens is 268 g/mol. The number of methoxy groups -OCH3 is 1. The Kier molecular flexibility index (Phi) is 5.00. The fourth-order valence-corrected chi connectivity index (χ4v) is 1.94. The average molecular weight is 288 g/mol. The zero-order valence-electron chi connectivity index (χ0n) is 12.5. The molecule has 2 rings (SSSR count). The molecule has 1 aromatic heterocycles. The lowest BCUT2D eigenvalue weighted by Gasteiger charge is -2.12. The smallest absolute Gasteiger partial charge is 0.238 e. The van der Waals surface area contributed by atoms with Gasteiger partial charge in [0.05, 0.1) is 19.7 Å². The van der Waals surface area contributed by atoms with Crippen molar-refractivity contribution < 1.29 is 13.9 Å². The van der Waals surface area contributed by atoms with E-state index in [1.165, 1.54) is 0 Å². The van der Waals surface area contributed by atoms with Gasteiger partial charge in [0.25, 0.3) is 0 Å². The molecule has 5 heteroatoms. The first kappa shape index (κ1) is 15.1. The molecular formula is C16H20N2O3. The predicted molar refractivity (Wildman–Crippen MR) is 81.5 cm³/mol. The van der Waals surface area contributed by atoms with Crippen LogP contribution in [0.1, 0.15) is 24.5 Å². The summed E-state index contributed by atoms with van der Waals surface area (Å²) in [5.41, 5.74) is 0.711. The van der Waals surface area contributed by atoms with Crippen LogP contribution in [-0.2, 0) is 4.79 Å². The fourth-order valence-electron chi connectivity index (χ4n) is 1.94. The van der Waals surface area contributed by atoms with Crippen LogP contribution in [0.4, 0.5) is 5.69 Å². The Morgan fingerprint density at radius 1 is 1.33 bits per heavy atom. The van der Waals surface area contributed by atoms with Crippen molar-refractivity contribution in [2.45, 2.75) is 19.9 Å². The molecule has 0 aliphatic heterocycles. The molecule has 0 saturated heterocycles. The summed E-state index contributed by atoms with van der Waals surface area (Å²) in [6.45, 7) is 4.06. The highest BCUT2D eigenvalue weighted by molar-refractivity contribution is 5.92. The van der Waals surface area contributed by atoms with Crippen LogP contribution < -0.4 is 15.4 Å². The van der Waals surface area contributed by atoms with Crippen LogP contribution in [0, 0.1) is 6.92 Å². The lowest BCUT2D eigenvalue weighted by molar-refractivity contribution is -0.115. The van der Waals surface area contributed by atoms with Crippen LogP contribution in [0.5, 0.6) is 5.75 Å². The van der Waals surface area contributed by atoms with Gasteiger partial charge >= 0.3 is 0 Å². The third kappa shape index (κ3) is 4.36. The van der Waals surface area contributed by atoms with E-state index in [9.17, 15) is 4.79 Å². The zero-order chi connectivity index (χ0) is 15.2. The number of hydrogen-bond acceptors (Lipinski definition) is 4. The van der Waals surface area contributed by atoms with E-state index >= 15 is 0 Å². The van der Waals surface area contributed by atoms with Gasteiger partial charge in [-0.05, 0) is 38.1 Å². The van der Waals surface area contributed by atoms with Crippen molar-refractivity contribution in [1.29, 1.82) is 0 Å². The van der Waals surface area contributed by atoms with Crippen molar-refractivity contribution in [3.05, 3.63) is 47.9 Å². The summed E-state index contributed by atoms with van der Waals surface area (Å²) in [6.07, 6.45) is 0. The number of nitrogens with one attached hydrogen (secondary N) is 2. The molecule has 0 fully saturated rings. The van der Waals surface area contributed by atoms with Crippen LogP contribution in [0.25, 0.3) is 0 Å². The molecule has 0 aliphatic carbocycles. The maximum absolute atomic E-state index is 11.9. The SMILES string of the molecule is COc1cccc(NC(=O)CNC(C)c2ccc(C)o2)c1. The number of benzene rings is 1. The third-order valence-corrected chi connectivity index (χ3v) is 3.11. The molecule has 2 N–H and O–H groups in total. The lowest BCUT2D eigenvalue weighted by atomic mass is 10.2. The van der Waals surface area contributed by atoms with Crippen LogP contribution in [0.15, 0.2) is 40.8 Å². The first-order valence-corrected chi connectivity index (χ1v) is 6.82. The number of ether oxygens (including phenoxy) is 1. The Morgan fingerprint density at radius 2 is 2.14 bits per heavy atom. The van der Waals surface area contributed by atoms with Crippen LogP contribution in [0.2, 0.25) is 0 Å². The van der Waals surface area contributed by atoms with E-state index < -0.39 is 0 Å². The average Bonchev–Trinajstić information content (AvgIpc) is 2.91. The van der Waals surface area contributed by atoms with E-state index in [1.807, 2.05) is 44.2 Å². The van der Waals surface area contributed by atoms with Gasteiger partial charge in [0, 0.05) is 11.8 Å². The standard InChI is InChI=1S/C16H20N2O3/c1-11-7-8-15(21-11)12(2)17-10-16(19)18-13-5-4-6-14(9-13)20-3/h4-9,12,17H,10H2,1-3H3,(H,18,19). The van der Waals surface area contributed by atoms with Gasteiger partial charge in [0.2, 0.25) is 5.91 Å². The molecule has 0 saturated carbocycles. The van der Waals surface area contributed by atoms with Crippen molar-refractivity contribution in [2.24, 2.45) is 0 Å². The maximum Gasteiger partial charge on any atom is 0.238 e. The lowest BCUT2D eigenvalue weighted by Crippen LogP contribution is -2.29. The highest BCUT2D eigenvalue weighted by atomic mass is 16.5. The van der Waals surface area contributed by atoms with E-state index in [0.717, 1.165) is 11.5 Å². The minimum Gasteiger partial charge on any atom is -0.497 e. The highest BCUT2D eigenvalue weighted by Crippen LogP contribution is 2.17. The van der Waals surface area contributed by atoms with Crippen LogP contribution in [0.3, 0.4) is 0 Å². The molecule has 1 amide bonds. The summed E-state index contributed by atoms with van der Waals surface area (Å²) >= 11 is 0. The number of carbonyl (C=O) groups is 1. The fraction of sp³-hybridized carbons (Fsp3) is 0.312. The number of amides is 1. The number of aryl methyl sites for hydroxylation is 1. The summed E-state index contributed by atoms with van der Waals surface area (Å²) in [5, 5.41) is 5.94. The molecule has 2 aromatic rings. The van der Waals surface area contributed by atoms with Crippen LogP contribution in [-0.4, -0.2) is 19.6 Å². The highest BCUT2D eigenvalue weighted by Gasteiger charge is 2.11. The molecule has 21 heavy (non-hydrogen) atoms. The first-order valence-electron chi connectivity index (χ1n) is 6.82. The second kappa shape index (κ2) is 6.95. The molecule has 1 atom stereocenters. The summed E-state index contributed by atoms with van der Waals surface area (Å²) in [7, 11) is 1.59. The predicted octanol–water partition coefficient (Wildman–Crippen LogP) is 2.89. The van der Waals surface area contributed by atoms with E-state index in [4.69, 9.17) is 9.15 Å². The third-order valence-electron chi connectivity index (χ3n) is 3.11. The number of rotatable bonds is 6. The first-order chi connectivity index (χ1) is 10.1. The molecule has 0 spiro atoms. The number of hydrogen-bond donors (Lipinski definition) is 2. The van der Waals surface area contributed by atoms with E-state index in [0.29, 0.717) is 11.4 Å². The number of carbonyl (C=O) groups excluding carboxylic acids is 1. The quantitative estimate of drug-likeness (QED) is 0.858. The van der Waals surface area contributed by atoms with Crippen molar-refractivity contribution in [3.63, 3.8) is 0 Å². The molecule has 112 valence electrons. The molecule has 0 bridgehead atoms. The van der Waals surface area contributed by atoms with Gasteiger partial charge in [0.15, 0.2) is 0 Å².